The Labute approximate surface area is 153 Å². The summed E-state index contributed by atoms with van der Waals surface area (Å²) in [7, 11) is 0. The van der Waals surface area contributed by atoms with Gasteiger partial charge < -0.3 is 10.2 Å². The summed E-state index contributed by atoms with van der Waals surface area (Å²) >= 11 is 0. The maximum Gasteiger partial charge on any atom is 0.252 e. The lowest BCUT2D eigenvalue weighted by molar-refractivity contribution is -0.886. The van der Waals surface area contributed by atoms with Crippen molar-refractivity contribution in [2.24, 2.45) is 0 Å². The van der Waals surface area contributed by atoms with Gasteiger partial charge in [0, 0.05) is 36.2 Å². The number of nitrogens with zero attached hydrogens (tertiary/aromatic N) is 2. The van der Waals surface area contributed by atoms with Crippen molar-refractivity contribution in [3.8, 4) is 11.3 Å². The molecule has 0 radical (unpaired) electrons. The van der Waals surface area contributed by atoms with Crippen LogP contribution in [-0.2, 0) is 0 Å². The van der Waals surface area contributed by atoms with Crippen LogP contribution in [0.5, 0.6) is 0 Å². The summed E-state index contributed by atoms with van der Waals surface area (Å²) < 4.78 is 0. The first kappa shape index (κ1) is 16.7. The van der Waals surface area contributed by atoms with Crippen LogP contribution < -0.4 is 10.2 Å². The largest absolute Gasteiger partial charge is 0.346 e. The molecule has 3 heterocycles. The molecule has 0 bridgehead atoms. The number of benzene rings is 1. The minimum absolute atomic E-state index is 0.0349. The molecule has 1 aliphatic heterocycles. The zero-order valence-electron chi connectivity index (χ0n) is 14.7. The highest BCUT2D eigenvalue weighted by molar-refractivity contribution is 6.07. The molecule has 2 N–H and O–H groups in total. The number of rotatable bonds is 5. The van der Waals surface area contributed by atoms with E-state index in [1.165, 1.54) is 25.9 Å². The van der Waals surface area contributed by atoms with E-state index in [9.17, 15) is 4.79 Å². The summed E-state index contributed by atoms with van der Waals surface area (Å²) in [6.07, 6.45) is 6.11. The quantitative estimate of drug-likeness (QED) is 0.739. The molecular formula is C21H23N4O+. The Balaban J connectivity index is 1.61. The lowest BCUT2D eigenvalue weighted by Crippen LogP contribution is -3.10. The number of pyridine rings is 2. The van der Waals surface area contributed by atoms with Gasteiger partial charge in [-0.05, 0) is 24.3 Å². The van der Waals surface area contributed by atoms with Crippen LogP contribution in [0, 0.1) is 0 Å². The minimum atomic E-state index is -0.0349. The number of para-hydroxylation sites is 1. The molecule has 1 aromatic carbocycles. The van der Waals surface area contributed by atoms with Crippen molar-refractivity contribution in [2.75, 3.05) is 26.2 Å². The summed E-state index contributed by atoms with van der Waals surface area (Å²) in [6, 6.07) is 13.5. The average Bonchev–Trinajstić information content (AvgIpc) is 3.21. The van der Waals surface area contributed by atoms with Gasteiger partial charge in [-0.15, -0.1) is 0 Å². The summed E-state index contributed by atoms with van der Waals surface area (Å²) in [5, 5.41) is 3.97. The highest BCUT2D eigenvalue weighted by Crippen LogP contribution is 2.24. The Morgan fingerprint density at radius 3 is 2.77 bits per heavy atom. The molecule has 26 heavy (non-hydrogen) atoms. The molecule has 5 heteroatoms. The predicted octanol–water partition coefficient (Wildman–Crippen LogP) is 1.71. The fourth-order valence-electron chi connectivity index (χ4n) is 3.60. The molecule has 0 aliphatic carbocycles. The van der Waals surface area contributed by atoms with Gasteiger partial charge in [0.1, 0.15) is 0 Å². The highest BCUT2D eigenvalue weighted by Gasteiger charge is 2.17. The molecule has 1 saturated heterocycles. The third-order valence-electron chi connectivity index (χ3n) is 4.99. The van der Waals surface area contributed by atoms with Crippen LogP contribution in [0.3, 0.4) is 0 Å². The Morgan fingerprint density at radius 1 is 1.12 bits per heavy atom. The molecule has 1 aliphatic rings. The van der Waals surface area contributed by atoms with E-state index in [0.717, 1.165) is 28.7 Å². The zero-order chi connectivity index (χ0) is 17.8. The van der Waals surface area contributed by atoms with Gasteiger partial charge in [-0.1, -0.05) is 18.2 Å². The maximum atomic E-state index is 12.9. The van der Waals surface area contributed by atoms with Crippen molar-refractivity contribution in [1.29, 1.82) is 0 Å². The van der Waals surface area contributed by atoms with Gasteiger partial charge in [0.05, 0.1) is 43.0 Å². The van der Waals surface area contributed by atoms with Crippen LogP contribution in [-0.4, -0.2) is 42.1 Å². The molecule has 132 valence electrons. The smallest absolute Gasteiger partial charge is 0.252 e. The van der Waals surface area contributed by atoms with Gasteiger partial charge in [0.2, 0.25) is 0 Å². The van der Waals surface area contributed by atoms with E-state index in [0.29, 0.717) is 12.1 Å². The van der Waals surface area contributed by atoms with Crippen LogP contribution in [0.15, 0.2) is 54.9 Å². The monoisotopic (exact) mass is 347 g/mol. The predicted molar refractivity (Wildman–Crippen MR) is 102 cm³/mol. The lowest BCUT2D eigenvalue weighted by Gasteiger charge is -2.13. The topological polar surface area (TPSA) is 59.3 Å². The number of aromatic nitrogens is 2. The number of hydrogen-bond donors (Lipinski definition) is 2. The van der Waals surface area contributed by atoms with E-state index in [4.69, 9.17) is 4.98 Å². The fourth-order valence-corrected chi connectivity index (χ4v) is 3.60. The molecule has 1 fully saturated rings. The first-order valence-electron chi connectivity index (χ1n) is 9.23. The third-order valence-corrected chi connectivity index (χ3v) is 4.99. The maximum absolute atomic E-state index is 12.9. The van der Waals surface area contributed by atoms with Crippen molar-refractivity contribution in [1.82, 2.24) is 15.3 Å². The second-order valence-electron chi connectivity index (χ2n) is 6.78. The first-order valence-corrected chi connectivity index (χ1v) is 9.23. The number of amides is 1. The van der Waals surface area contributed by atoms with Crippen LogP contribution in [0.2, 0.25) is 0 Å². The van der Waals surface area contributed by atoms with Gasteiger partial charge >= 0.3 is 0 Å². The second kappa shape index (κ2) is 7.62. The Kier molecular flexibility index (Phi) is 4.88. The molecule has 4 rings (SSSR count). The Morgan fingerprint density at radius 2 is 1.96 bits per heavy atom. The number of fused-ring (bicyclic) bond motifs is 1. The number of quaternary nitrogens is 1. The van der Waals surface area contributed by atoms with Crippen LogP contribution in [0.1, 0.15) is 23.2 Å². The van der Waals surface area contributed by atoms with Crippen LogP contribution >= 0.6 is 0 Å². The molecule has 0 spiro atoms. The number of hydrogen-bond acceptors (Lipinski definition) is 3. The SMILES string of the molecule is O=C(NCC[NH+]1CCCC1)c1cc(-c2cccnc2)nc2ccccc12. The van der Waals surface area contributed by atoms with E-state index in [2.05, 4.69) is 10.3 Å². The molecule has 5 nitrogen and oxygen atoms in total. The van der Waals surface area contributed by atoms with Crippen molar-refractivity contribution in [3.05, 3.63) is 60.4 Å². The van der Waals surface area contributed by atoms with Gasteiger partial charge in [0.15, 0.2) is 0 Å². The van der Waals surface area contributed by atoms with Gasteiger partial charge in [-0.3, -0.25) is 9.78 Å². The first-order chi connectivity index (χ1) is 12.8. The summed E-state index contributed by atoms with van der Waals surface area (Å²) in [6.45, 7) is 4.13. The highest BCUT2D eigenvalue weighted by atomic mass is 16.1. The van der Waals surface area contributed by atoms with E-state index in [1.54, 1.807) is 17.3 Å². The minimum Gasteiger partial charge on any atom is -0.346 e. The van der Waals surface area contributed by atoms with Crippen LogP contribution in [0.25, 0.3) is 22.2 Å². The van der Waals surface area contributed by atoms with E-state index < -0.39 is 0 Å². The molecule has 2 aromatic heterocycles. The zero-order valence-corrected chi connectivity index (χ0v) is 14.7. The number of carbonyl (C=O) groups is 1. The average molecular weight is 347 g/mol. The van der Waals surface area contributed by atoms with E-state index in [-0.39, 0.29) is 5.91 Å². The summed E-state index contributed by atoms with van der Waals surface area (Å²) in [4.78, 5) is 23.3. The molecule has 0 atom stereocenters. The Hall–Kier alpha value is -2.79. The molecule has 0 saturated carbocycles. The van der Waals surface area contributed by atoms with Crippen molar-refractivity contribution in [3.63, 3.8) is 0 Å². The Bertz CT molecular complexity index is 904. The van der Waals surface area contributed by atoms with Crippen molar-refractivity contribution < 1.29 is 9.69 Å². The second-order valence-corrected chi connectivity index (χ2v) is 6.78. The summed E-state index contributed by atoms with van der Waals surface area (Å²) in [5.41, 5.74) is 3.18. The number of carbonyl (C=O) groups excluding carboxylic acids is 1. The molecule has 0 unspecified atom stereocenters. The molecular weight excluding hydrogens is 324 g/mol. The van der Waals surface area contributed by atoms with Crippen molar-refractivity contribution in [2.45, 2.75) is 12.8 Å². The number of nitrogens with one attached hydrogen (secondary N) is 2. The number of likely N-dealkylation sites (tertiary alicyclic amines) is 1. The molecule has 3 aromatic rings. The summed E-state index contributed by atoms with van der Waals surface area (Å²) in [5.74, 6) is -0.0349. The fraction of sp³-hybridized carbons (Fsp3) is 0.286. The normalized spacial score (nSPS) is 14.6. The lowest BCUT2D eigenvalue weighted by atomic mass is 10.0. The van der Waals surface area contributed by atoms with Gasteiger partial charge in [0.25, 0.3) is 5.91 Å². The van der Waals surface area contributed by atoms with Gasteiger partial charge in [-0.2, -0.15) is 0 Å². The van der Waals surface area contributed by atoms with E-state index in [1.807, 2.05) is 42.5 Å². The van der Waals surface area contributed by atoms with Crippen molar-refractivity contribution >= 4 is 16.8 Å². The molecule has 1 amide bonds. The third kappa shape index (κ3) is 3.58. The standard InChI is InChI=1S/C21H22N4O/c26-21(23-10-13-25-11-3-4-12-25)18-14-20(16-6-5-9-22-15-16)24-19-8-2-1-7-17(18)19/h1-2,5-9,14-15H,3-4,10-13H2,(H,23,26)/p+1. The van der Waals surface area contributed by atoms with Crippen LogP contribution in [0.4, 0.5) is 0 Å². The van der Waals surface area contributed by atoms with E-state index >= 15 is 0 Å². The van der Waals surface area contributed by atoms with Gasteiger partial charge in [-0.25, -0.2) is 4.98 Å².